The predicted octanol–water partition coefficient (Wildman–Crippen LogP) is 3.60. The molecule has 0 aliphatic carbocycles. The molecule has 2 aromatic carbocycles. The molecule has 0 atom stereocenters. The van der Waals surface area contributed by atoms with Crippen molar-refractivity contribution in [2.75, 3.05) is 26.8 Å². The van der Waals surface area contributed by atoms with Gasteiger partial charge < -0.3 is 14.0 Å². The van der Waals surface area contributed by atoms with Crippen LogP contribution in [-0.2, 0) is 26.1 Å². The van der Waals surface area contributed by atoms with E-state index in [9.17, 15) is 18.0 Å². The minimum absolute atomic E-state index is 0.195. The van der Waals surface area contributed by atoms with Gasteiger partial charge in [0.15, 0.2) is 4.80 Å². The lowest BCUT2D eigenvalue weighted by atomic mass is 9.98. The highest BCUT2D eigenvalue weighted by Gasteiger charge is 2.32. The number of esters is 1. The van der Waals surface area contributed by atoms with Crippen molar-refractivity contribution < 1.29 is 27.5 Å². The van der Waals surface area contributed by atoms with Gasteiger partial charge in [-0.1, -0.05) is 17.4 Å². The van der Waals surface area contributed by atoms with E-state index in [-0.39, 0.29) is 36.4 Å². The second-order valence-electron chi connectivity index (χ2n) is 8.49. The SMILES string of the molecule is C=CCn1c(=NC(=O)C2CCN(S(=O)(=O)c3ccc(OC)cc3)CC2)sc2cc(C(=O)OCC)ccc21. The van der Waals surface area contributed by atoms with Crippen LogP contribution in [0.4, 0.5) is 0 Å². The van der Waals surface area contributed by atoms with Crippen molar-refractivity contribution in [2.24, 2.45) is 10.9 Å². The van der Waals surface area contributed by atoms with Gasteiger partial charge in [-0.2, -0.15) is 9.30 Å². The Kier molecular flexibility index (Phi) is 8.25. The van der Waals surface area contributed by atoms with Crippen LogP contribution in [0.1, 0.15) is 30.1 Å². The maximum absolute atomic E-state index is 13.1. The van der Waals surface area contributed by atoms with E-state index in [4.69, 9.17) is 9.47 Å². The number of carbonyl (C=O) groups excluding carboxylic acids is 2. The summed E-state index contributed by atoms with van der Waals surface area (Å²) in [7, 11) is -2.13. The van der Waals surface area contributed by atoms with Crippen LogP contribution in [0, 0.1) is 5.92 Å². The number of nitrogens with zero attached hydrogens (tertiary/aromatic N) is 3. The standard InChI is InChI=1S/C26H29N3O6S2/c1-4-14-29-22-11-6-19(25(31)35-5-2)17-23(22)36-26(29)27-24(30)18-12-15-28(16-13-18)37(32,33)21-9-7-20(34-3)8-10-21/h4,6-11,17-18H,1,5,12-16H2,2-3H3. The molecule has 1 saturated heterocycles. The first-order valence-corrected chi connectivity index (χ1v) is 14.2. The Morgan fingerprint density at radius 2 is 1.86 bits per heavy atom. The molecule has 11 heteroatoms. The number of thiazole rings is 1. The zero-order valence-electron chi connectivity index (χ0n) is 20.8. The zero-order valence-corrected chi connectivity index (χ0v) is 22.4. The Bertz CT molecular complexity index is 1480. The van der Waals surface area contributed by atoms with Gasteiger partial charge in [-0.15, -0.1) is 6.58 Å². The molecule has 1 aromatic heterocycles. The molecule has 9 nitrogen and oxygen atoms in total. The average Bonchev–Trinajstić information content (AvgIpc) is 3.25. The number of amides is 1. The number of hydrogen-bond donors (Lipinski definition) is 0. The molecule has 1 fully saturated rings. The van der Waals surface area contributed by atoms with Crippen molar-refractivity contribution in [1.29, 1.82) is 0 Å². The Labute approximate surface area is 219 Å². The highest BCUT2D eigenvalue weighted by Crippen LogP contribution is 2.26. The van der Waals surface area contributed by atoms with Gasteiger partial charge in [-0.05, 0) is 62.2 Å². The molecule has 0 N–H and O–H groups in total. The third-order valence-electron chi connectivity index (χ3n) is 6.21. The fourth-order valence-corrected chi connectivity index (χ4v) is 6.78. The molecule has 1 aliphatic heterocycles. The van der Waals surface area contributed by atoms with E-state index in [1.54, 1.807) is 37.3 Å². The molecule has 0 spiro atoms. The number of piperidine rings is 1. The number of benzene rings is 2. The van der Waals surface area contributed by atoms with Gasteiger partial charge in [0.05, 0.1) is 34.4 Å². The molecular weight excluding hydrogens is 514 g/mol. The Hall–Kier alpha value is -3.28. The van der Waals surface area contributed by atoms with Crippen LogP contribution in [0.2, 0.25) is 0 Å². The maximum Gasteiger partial charge on any atom is 0.338 e. The van der Waals surface area contributed by atoms with E-state index in [1.165, 1.54) is 34.9 Å². The zero-order chi connectivity index (χ0) is 26.6. The summed E-state index contributed by atoms with van der Waals surface area (Å²) in [5, 5.41) is 0. The second kappa shape index (κ2) is 11.4. The van der Waals surface area contributed by atoms with Crippen molar-refractivity contribution in [3.05, 3.63) is 65.5 Å². The van der Waals surface area contributed by atoms with Gasteiger partial charge in [0.1, 0.15) is 5.75 Å². The van der Waals surface area contributed by atoms with Gasteiger partial charge >= 0.3 is 5.97 Å². The van der Waals surface area contributed by atoms with E-state index in [1.807, 2.05) is 10.6 Å². The van der Waals surface area contributed by atoms with E-state index in [0.717, 1.165) is 10.2 Å². The summed E-state index contributed by atoms with van der Waals surface area (Å²) in [5.74, 6) is -0.479. The van der Waals surface area contributed by atoms with Crippen molar-refractivity contribution in [3.63, 3.8) is 0 Å². The lowest BCUT2D eigenvalue weighted by Gasteiger charge is -2.29. The molecule has 196 valence electrons. The third-order valence-corrected chi connectivity index (χ3v) is 9.17. The molecule has 0 bridgehead atoms. The average molecular weight is 544 g/mol. The molecule has 1 aliphatic rings. The first-order valence-electron chi connectivity index (χ1n) is 11.9. The minimum Gasteiger partial charge on any atom is -0.497 e. The summed E-state index contributed by atoms with van der Waals surface area (Å²) in [5.41, 5.74) is 1.27. The summed E-state index contributed by atoms with van der Waals surface area (Å²) in [6.07, 6.45) is 2.49. The second-order valence-corrected chi connectivity index (χ2v) is 11.4. The topological polar surface area (TPSA) is 107 Å². The number of hydrogen-bond acceptors (Lipinski definition) is 7. The highest BCUT2D eigenvalue weighted by molar-refractivity contribution is 7.89. The minimum atomic E-state index is -3.66. The lowest BCUT2D eigenvalue weighted by molar-refractivity contribution is -0.122. The number of sulfonamides is 1. The fourth-order valence-electron chi connectivity index (χ4n) is 4.23. The van der Waals surface area contributed by atoms with Gasteiger partial charge in [-0.25, -0.2) is 13.2 Å². The number of methoxy groups -OCH3 is 1. The number of aromatic nitrogens is 1. The van der Waals surface area contributed by atoms with Crippen LogP contribution in [-0.4, -0.2) is 56.0 Å². The monoisotopic (exact) mass is 543 g/mol. The molecular formula is C26H29N3O6S2. The van der Waals surface area contributed by atoms with E-state index in [0.29, 0.717) is 35.5 Å². The number of fused-ring (bicyclic) bond motifs is 1. The molecule has 37 heavy (non-hydrogen) atoms. The van der Waals surface area contributed by atoms with Crippen LogP contribution < -0.4 is 9.54 Å². The van der Waals surface area contributed by atoms with Crippen molar-refractivity contribution in [1.82, 2.24) is 8.87 Å². The van der Waals surface area contributed by atoms with Gasteiger partial charge in [0.25, 0.3) is 5.91 Å². The predicted molar refractivity (Wildman–Crippen MR) is 141 cm³/mol. The summed E-state index contributed by atoms with van der Waals surface area (Å²) >= 11 is 1.31. The molecule has 1 amide bonds. The Balaban J connectivity index is 1.53. The van der Waals surface area contributed by atoms with Crippen LogP contribution in [0.5, 0.6) is 5.75 Å². The molecule has 4 rings (SSSR count). The lowest BCUT2D eigenvalue weighted by Crippen LogP contribution is -2.40. The van der Waals surface area contributed by atoms with Gasteiger partial charge in [0, 0.05) is 25.6 Å². The molecule has 0 unspecified atom stereocenters. The quantitative estimate of drug-likeness (QED) is 0.317. The number of carbonyl (C=O) groups is 2. The largest absolute Gasteiger partial charge is 0.497 e. The molecule has 2 heterocycles. The third kappa shape index (κ3) is 5.68. The van der Waals surface area contributed by atoms with Gasteiger partial charge in [0.2, 0.25) is 10.0 Å². The van der Waals surface area contributed by atoms with Crippen molar-refractivity contribution in [2.45, 2.75) is 31.2 Å². The van der Waals surface area contributed by atoms with E-state index in [2.05, 4.69) is 11.6 Å². The summed E-state index contributed by atoms with van der Waals surface area (Å²) in [6, 6.07) is 11.5. The Morgan fingerprint density at radius 3 is 2.49 bits per heavy atom. The van der Waals surface area contributed by atoms with Crippen LogP contribution in [0.15, 0.2) is 65.0 Å². The summed E-state index contributed by atoms with van der Waals surface area (Å²) < 4.78 is 40.3. The summed E-state index contributed by atoms with van der Waals surface area (Å²) in [4.78, 5) is 30.4. The number of ether oxygens (including phenoxy) is 2. The van der Waals surface area contributed by atoms with Crippen molar-refractivity contribution >= 4 is 43.5 Å². The highest BCUT2D eigenvalue weighted by atomic mass is 32.2. The van der Waals surface area contributed by atoms with Crippen LogP contribution >= 0.6 is 11.3 Å². The number of allylic oxidation sites excluding steroid dienone is 1. The van der Waals surface area contributed by atoms with E-state index < -0.39 is 16.0 Å². The smallest absolute Gasteiger partial charge is 0.338 e. The first-order chi connectivity index (χ1) is 17.8. The number of rotatable bonds is 8. The van der Waals surface area contributed by atoms with Crippen LogP contribution in [0.25, 0.3) is 10.2 Å². The normalized spacial score (nSPS) is 15.6. The van der Waals surface area contributed by atoms with Crippen LogP contribution in [0.3, 0.4) is 0 Å². The van der Waals surface area contributed by atoms with Crippen molar-refractivity contribution in [3.8, 4) is 5.75 Å². The Morgan fingerprint density at radius 1 is 1.16 bits per heavy atom. The molecule has 0 saturated carbocycles. The first kappa shape index (κ1) is 26.8. The molecule has 3 aromatic rings. The molecule has 0 radical (unpaired) electrons. The maximum atomic E-state index is 13.1. The van der Waals surface area contributed by atoms with Gasteiger partial charge in [-0.3, -0.25) is 4.79 Å². The fraction of sp³-hybridized carbons (Fsp3) is 0.346. The van der Waals surface area contributed by atoms with E-state index >= 15 is 0 Å². The summed E-state index contributed by atoms with van der Waals surface area (Å²) in [6.45, 7) is 6.76.